The topological polar surface area (TPSA) is 43.4 Å². The van der Waals surface area contributed by atoms with Gasteiger partial charge in [0.15, 0.2) is 0 Å². The van der Waals surface area contributed by atoms with Crippen LogP contribution in [0.5, 0.6) is 0 Å². The van der Waals surface area contributed by atoms with Gasteiger partial charge in [0.2, 0.25) is 0 Å². The minimum atomic E-state index is -0.284. The van der Waals surface area contributed by atoms with Crippen LogP contribution in [-0.2, 0) is 14.3 Å². The van der Waals surface area contributed by atoms with E-state index in [0.717, 1.165) is 12.8 Å². The summed E-state index contributed by atoms with van der Waals surface area (Å²) in [7, 11) is 0. The van der Waals surface area contributed by atoms with Crippen molar-refractivity contribution in [1.29, 1.82) is 0 Å². The first-order chi connectivity index (χ1) is 8.77. The SMILES string of the molecule is CC(=O)OCC1C(=O)CC[C@H]2C(C)(C)CCC[C@]12C. The van der Waals surface area contributed by atoms with Gasteiger partial charge in [-0.05, 0) is 36.0 Å². The molecule has 108 valence electrons. The van der Waals surface area contributed by atoms with Crippen molar-refractivity contribution in [2.75, 3.05) is 6.61 Å². The normalized spacial score (nSPS) is 37.6. The molecular formula is C16H26O3. The second-order valence-corrected chi connectivity index (χ2v) is 7.26. The average molecular weight is 266 g/mol. The fourth-order valence-corrected chi connectivity index (χ4v) is 4.62. The van der Waals surface area contributed by atoms with Crippen LogP contribution in [0.4, 0.5) is 0 Å². The highest BCUT2D eigenvalue weighted by atomic mass is 16.5. The smallest absolute Gasteiger partial charge is 0.302 e. The zero-order valence-corrected chi connectivity index (χ0v) is 12.6. The molecule has 0 amide bonds. The molecule has 0 aromatic heterocycles. The lowest BCUT2D eigenvalue weighted by Crippen LogP contribution is -2.53. The highest BCUT2D eigenvalue weighted by Crippen LogP contribution is 2.58. The number of ketones is 1. The van der Waals surface area contributed by atoms with E-state index >= 15 is 0 Å². The molecule has 2 aliphatic carbocycles. The Balaban J connectivity index is 2.24. The standard InChI is InChI=1S/C16H26O3/c1-11(17)19-10-12-13(18)6-7-14-15(2,3)8-5-9-16(12,14)4/h12,14H,5-10H2,1-4H3/t12?,14-,16+/m0/s1. The summed E-state index contributed by atoms with van der Waals surface area (Å²) in [6, 6.07) is 0. The number of Topliss-reactive ketones (excluding diaryl/α,β-unsaturated/α-hetero) is 1. The fraction of sp³-hybridized carbons (Fsp3) is 0.875. The second kappa shape index (κ2) is 4.92. The van der Waals surface area contributed by atoms with Gasteiger partial charge in [-0.2, -0.15) is 0 Å². The molecule has 0 radical (unpaired) electrons. The Labute approximate surface area is 116 Å². The zero-order valence-electron chi connectivity index (χ0n) is 12.6. The molecule has 0 heterocycles. The summed E-state index contributed by atoms with van der Waals surface area (Å²) in [4.78, 5) is 23.3. The number of esters is 1. The third-order valence-corrected chi connectivity index (χ3v) is 5.59. The van der Waals surface area contributed by atoms with Gasteiger partial charge in [-0.25, -0.2) is 0 Å². The minimum Gasteiger partial charge on any atom is -0.465 e. The molecule has 0 saturated heterocycles. The Morgan fingerprint density at radius 1 is 1.32 bits per heavy atom. The summed E-state index contributed by atoms with van der Waals surface area (Å²) in [5.74, 6) is 0.466. The minimum absolute atomic E-state index is 0.00648. The maximum atomic E-state index is 12.3. The van der Waals surface area contributed by atoms with E-state index in [1.54, 1.807) is 0 Å². The van der Waals surface area contributed by atoms with E-state index in [9.17, 15) is 9.59 Å². The van der Waals surface area contributed by atoms with Gasteiger partial charge in [0.05, 0.1) is 5.92 Å². The first kappa shape index (κ1) is 14.5. The van der Waals surface area contributed by atoms with Crippen LogP contribution in [0, 0.1) is 22.7 Å². The van der Waals surface area contributed by atoms with E-state index in [4.69, 9.17) is 4.74 Å². The van der Waals surface area contributed by atoms with Crippen LogP contribution in [0.3, 0.4) is 0 Å². The van der Waals surface area contributed by atoms with Crippen molar-refractivity contribution in [3.05, 3.63) is 0 Å². The highest BCUT2D eigenvalue weighted by molar-refractivity contribution is 5.83. The zero-order chi connectivity index (χ0) is 14.3. The van der Waals surface area contributed by atoms with Crippen LogP contribution >= 0.6 is 0 Å². The molecule has 2 aliphatic rings. The molecule has 0 aromatic carbocycles. The van der Waals surface area contributed by atoms with Gasteiger partial charge in [0.25, 0.3) is 0 Å². The summed E-state index contributed by atoms with van der Waals surface area (Å²) >= 11 is 0. The molecule has 0 aliphatic heterocycles. The fourth-order valence-electron chi connectivity index (χ4n) is 4.62. The summed E-state index contributed by atoms with van der Waals surface area (Å²) in [6.45, 7) is 8.58. The van der Waals surface area contributed by atoms with E-state index < -0.39 is 0 Å². The maximum Gasteiger partial charge on any atom is 0.302 e. The number of rotatable bonds is 2. The number of ether oxygens (including phenoxy) is 1. The molecule has 2 saturated carbocycles. The number of carbonyl (C=O) groups excluding carboxylic acids is 2. The molecule has 3 heteroatoms. The van der Waals surface area contributed by atoms with Crippen molar-refractivity contribution in [3.63, 3.8) is 0 Å². The van der Waals surface area contributed by atoms with Crippen LogP contribution in [0.2, 0.25) is 0 Å². The number of carbonyl (C=O) groups is 2. The Morgan fingerprint density at radius 2 is 2.00 bits per heavy atom. The molecule has 3 atom stereocenters. The number of fused-ring (bicyclic) bond motifs is 1. The first-order valence-corrected chi connectivity index (χ1v) is 7.43. The molecule has 2 fully saturated rings. The van der Waals surface area contributed by atoms with E-state index in [1.165, 1.54) is 19.8 Å². The van der Waals surface area contributed by atoms with Crippen molar-refractivity contribution < 1.29 is 14.3 Å². The largest absolute Gasteiger partial charge is 0.465 e. The molecule has 19 heavy (non-hydrogen) atoms. The Hall–Kier alpha value is -0.860. The summed E-state index contributed by atoms with van der Waals surface area (Å²) in [6.07, 6.45) is 5.14. The maximum absolute atomic E-state index is 12.3. The number of hydrogen-bond donors (Lipinski definition) is 0. The van der Waals surface area contributed by atoms with E-state index in [1.807, 2.05) is 0 Å². The van der Waals surface area contributed by atoms with Gasteiger partial charge in [-0.3, -0.25) is 9.59 Å². The Kier molecular flexibility index (Phi) is 3.76. The lowest BCUT2D eigenvalue weighted by Gasteiger charge is -2.56. The molecule has 2 rings (SSSR count). The van der Waals surface area contributed by atoms with E-state index in [0.29, 0.717) is 17.8 Å². The second-order valence-electron chi connectivity index (χ2n) is 7.26. The van der Waals surface area contributed by atoms with Crippen molar-refractivity contribution in [1.82, 2.24) is 0 Å². The molecule has 1 unspecified atom stereocenters. The molecular weight excluding hydrogens is 240 g/mol. The van der Waals surface area contributed by atoms with Gasteiger partial charge in [-0.15, -0.1) is 0 Å². The van der Waals surface area contributed by atoms with Crippen LogP contribution in [0.15, 0.2) is 0 Å². The van der Waals surface area contributed by atoms with Crippen molar-refractivity contribution in [3.8, 4) is 0 Å². The van der Waals surface area contributed by atoms with Crippen LogP contribution in [0.25, 0.3) is 0 Å². The molecule has 3 nitrogen and oxygen atoms in total. The van der Waals surface area contributed by atoms with E-state index in [-0.39, 0.29) is 29.7 Å². The quantitative estimate of drug-likeness (QED) is 0.720. The van der Waals surface area contributed by atoms with Crippen molar-refractivity contribution >= 4 is 11.8 Å². The third kappa shape index (κ3) is 2.56. The monoisotopic (exact) mass is 266 g/mol. The van der Waals surface area contributed by atoms with Crippen molar-refractivity contribution in [2.45, 2.75) is 59.8 Å². The molecule has 0 bridgehead atoms. The Bertz CT molecular complexity index is 385. The van der Waals surface area contributed by atoms with Crippen LogP contribution in [-0.4, -0.2) is 18.4 Å². The van der Waals surface area contributed by atoms with Crippen molar-refractivity contribution in [2.24, 2.45) is 22.7 Å². The van der Waals surface area contributed by atoms with Gasteiger partial charge in [0, 0.05) is 13.3 Å². The average Bonchev–Trinajstić information content (AvgIpc) is 2.26. The van der Waals surface area contributed by atoms with Gasteiger partial charge < -0.3 is 4.74 Å². The van der Waals surface area contributed by atoms with Crippen LogP contribution < -0.4 is 0 Å². The van der Waals surface area contributed by atoms with Crippen LogP contribution in [0.1, 0.15) is 59.8 Å². The van der Waals surface area contributed by atoms with Gasteiger partial charge in [-0.1, -0.05) is 27.2 Å². The highest BCUT2D eigenvalue weighted by Gasteiger charge is 2.54. The Morgan fingerprint density at radius 3 is 2.63 bits per heavy atom. The lowest BCUT2D eigenvalue weighted by molar-refractivity contribution is -0.156. The first-order valence-electron chi connectivity index (χ1n) is 7.43. The molecule has 0 aromatic rings. The summed E-state index contributed by atoms with van der Waals surface area (Å²) < 4.78 is 5.17. The lowest BCUT2D eigenvalue weighted by atomic mass is 9.48. The van der Waals surface area contributed by atoms with Gasteiger partial charge >= 0.3 is 5.97 Å². The van der Waals surface area contributed by atoms with E-state index in [2.05, 4.69) is 20.8 Å². The third-order valence-electron chi connectivity index (χ3n) is 5.59. The van der Waals surface area contributed by atoms with Gasteiger partial charge in [0.1, 0.15) is 12.4 Å². The summed E-state index contributed by atoms with van der Waals surface area (Å²) in [5, 5.41) is 0. The molecule has 0 N–H and O–H groups in total. The molecule has 0 spiro atoms. The predicted molar refractivity (Wildman–Crippen MR) is 73.6 cm³/mol. The number of hydrogen-bond acceptors (Lipinski definition) is 3. The predicted octanol–water partition coefficient (Wildman–Crippen LogP) is 3.36. The summed E-state index contributed by atoms with van der Waals surface area (Å²) in [5.41, 5.74) is 0.300.